The van der Waals surface area contributed by atoms with E-state index in [2.05, 4.69) is 81.4 Å². The van der Waals surface area contributed by atoms with E-state index in [1.165, 1.54) is 41.7 Å². The third-order valence-electron chi connectivity index (χ3n) is 6.61. The zero-order chi connectivity index (χ0) is 16.3. The molecular formula is C22H30Si. The van der Waals surface area contributed by atoms with Crippen molar-refractivity contribution < 1.29 is 0 Å². The molecule has 0 radical (unpaired) electrons. The molecule has 0 saturated heterocycles. The Bertz CT molecular complexity index is 565. The molecule has 1 aliphatic rings. The van der Waals surface area contributed by atoms with Crippen LogP contribution in [0.5, 0.6) is 0 Å². The van der Waals surface area contributed by atoms with E-state index in [1.807, 2.05) is 0 Å². The van der Waals surface area contributed by atoms with Crippen molar-refractivity contribution in [3.63, 3.8) is 0 Å². The van der Waals surface area contributed by atoms with E-state index in [4.69, 9.17) is 0 Å². The summed E-state index contributed by atoms with van der Waals surface area (Å²) in [5, 5.41) is 0. The zero-order valence-electron chi connectivity index (χ0n) is 14.9. The lowest BCUT2D eigenvalue weighted by molar-refractivity contribution is 0.734. The van der Waals surface area contributed by atoms with Crippen LogP contribution in [0.3, 0.4) is 0 Å². The van der Waals surface area contributed by atoms with Crippen LogP contribution in [0.4, 0.5) is 0 Å². The van der Waals surface area contributed by atoms with Crippen LogP contribution in [0.15, 0.2) is 60.7 Å². The van der Waals surface area contributed by atoms with Gasteiger partial charge in [0.1, 0.15) is 0 Å². The molecule has 0 spiro atoms. The van der Waals surface area contributed by atoms with Crippen LogP contribution in [0, 0.1) is 5.92 Å². The van der Waals surface area contributed by atoms with E-state index < -0.39 is 8.07 Å². The molecule has 0 N–H and O–H groups in total. The monoisotopic (exact) mass is 322 g/mol. The third-order valence-corrected chi connectivity index (χ3v) is 12.5. The largest absolute Gasteiger partial charge is 0.0678 e. The van der Waals surface area contributed by atoms with Crippen molar-refractivity contribution in [3.8, 4) is 0 Å². The van der Waals surface area contributed by atoms with Crippen LogP contribution < -0.4 is 0 Å². The van der Waals surface area contributed by atoms with E-state index in [-0.39, 0.29) is 0 Å². The Balaban J connectivity index is 1.95. The van der Waals surface area contributed by atoms with Gasteiger partial charge < -0.3 is 0 Å². The summed E-state index contributed by atoms with van der Waals surface area (Å²) in [6.07, 6.45) is 1.34. The average Bonchev–Trinajstić information content (AvgIpc) is 3.36. The van der Waals surface area contributed by atoms with Gasteiger partial charge in [0, 0.05) is 5.41 Å². The van der Waals surface area contributed by atoms with Crippen molar-refractivity contribution in [3.05, 3.63) is 71.8 Å². The minimum Gasteiger partial charge on any atom is -0.0678 e. The minimum atomic E-state index is -1.07. The van der Waals surface area contributed by atoms with E-state index >= 15 is 0 Å². The molecule has 2 aromatic carbocycles. The first-order valence-corrected chi connectivity index (χ1v) is 12.1. The summed E-state index contributed by atoms with van der Waals surface area (Å²) >= 11 is 0. The van der Waals surface area contributed by atoms with Crippen molar-refractivity contribution in [2.75, 3.05) is 0 Å². The molecule has 0 bridgehead atoms. The van der Waals surface area contributed by atoms with Gasteiger partial charge in [-0.05, 0) is 23.5 Å². The average molecular weight is 323 g/mol. The van der Waals surface area contributed by atoms with Crippen LogP contribution >= 0.6 is 0 Å². The topological polar surface area (TPSA) is 0 Å². The van der Waals surface area contributed by atoms with Crippen molar-refractivity contribution in [2.45, 2.75) is 56.8 Å². The summed E-state index contributed by atoms with van der Waals surface area (Å²) in [6, 6.07) is 28.3. The lowest BCUT2D eigenvalue weighted by Crippen LogP contribution is -2.33. The molecule has 1 unspecified atom stereocenters. The highest BCUT2D eigenvalue weighted by molar-refractivity contribution is 6.79. The summed E-state index contributed by atoms with van der Waals surface area (Å²) in [4.78, 5) is 0. The van der Waals surface area contributed by atoms with Crippen molar-refractivity contribution in [1.29, 1.82) is 0 Å². The molecule has 23 heavy (non-hydrogen) atoms. The van der Waals surface area contributed by atoms with Crippen LogP contribution in [0.1, 0.15) is 38.3 Å². The number of benzene rings is 2. The molecule has 1 heteroatoms. The highest BCUT2D eigenvalue weighted by atomic mass is 28.3. The van der Waals surface area contributed by atoms with Gasteiger partial charge in [0.2, 0.25) is 0 Å². The standard InChI is InChI=1S/C22H30Si/c1-4-23(5-2,6-3)18-21-17-22(21,19-13-9-7-10-14-19)20-15-11-8-12-16-20/h7-16,21H,4-6,17-18H2,1-3H3. The van der Waals surface area contributed by atoms with E-state index in [0.717, 1.165) is 5.92 Å². The molecule has 0 heterocycles. The molecule has 1 atom stereocenters. The lowest BCUT2D eigenvalue weighted by Gasteiger charge is -2.30. The fourth-order valence-corrected chi connectivity index (χ4v) is 8.53. The number of hydrogen-bond donors (Lipinski definition) is 0. The molecule has 0 amide bonds. The summed E-state index contributed by atoms with van der Waals surface area (Å²) in [5.74, 6) is 0.846. The van der Waals surface area contributed by atoms with Crippen molar-refractivity contribution in [1.82, 2.24) is 0 Å². The van der Waals surface area contributed by atoms with Crippen molar-refractivity contribution >= 4 is 8.07 Å². The van der Waals surface area contributed by atoms with Crippen LogP contribution in [-0.4, -0.2) is 8.07 Å². The normalized spacial score (nSPS) is 19.5. The maximum atomic E-state index is 2.44. The number of hydrogen-bond acceptors (Lipinski definition) is 0. The maximum absolute atomic E-state index is 2.44. The SMILES string of the molecule is CC[Si](CC)(CC)CC1CC1(c1ccccc1)c1ccccc1. The van der Waals surface area contributed by atoms with Gasteiger partial charge in [0.05, 0.1) is 8.07 Å². The van der Waals surface area contributed by atoms with Gasteiger partial charge in [-0.25, -0.2) is 0 Å². The molecule has 1 fully saturated rings. The fourth-order valence-electron chi connectivity index (χ4n) is 4.63. The van der Waals surface area contributed by atoms with Crippen LogP contribution in [0.25, 0.3) is 0 Å². The Labute approximate surface area is 143 Å². The van der Waals surface area contributed by atoms with E-state index in [9.17, 15) is 0 Å². The van der Waals surface area contributed by atoms with E-state index in [1.54, 1.807) is 0 Å². The first-order valence-electron chi connectivity index (χ1n) is 9.32. The molecule has 0 nitrogen and oxygen atoms in total. The summed E-state index contributed by atoms with van der Waals surface area (Å²) in [5.41, 5.74) is 3.35. The Hall–Kier alpha value is -1.34. The number of rotatable bonds is 7. The molecule has 122 valence electrons. The van der Waals surface area contributed by atoms with Gasteiger partial charge in [-0.3, -0.25) is 0 Å². The molecule has 3 rings (SSSR count). The fraction of sp³-hybridized carbons (Fsp3) is 0.455. The Morgan fingerprint density at radius 1 is 0.783 bits per heavy atom. The Morgan fingerprint density at radius 2 is 1.22 bits per heavy atom. The molecule has 1 aliphatic carbocycles. The summed E-state index contributed by atoms with van der Waals surface area (Å²) < 4.78 is 0. The zero-order valence-corrected chi connectivity index (χ0v) is 15.9. The Kier molecular flexibility index (Phi) is 4.77. The van der Waals surface area contributed by atoms with Crippen LogP contribution in [-0.2, 0) is 5.41 Å². The first-order chi connectivity index (χ1) is 11.2. The maximum Gasteiger partial charge on any atom is 0.0530 e. The second kappa shape index (κ2) is 6.65. The third kappa shape index (κ3) is 2.92. The lowest BCUT2D eigenvalue weighted by atomic mass is 9.86. The van der Waals surface area contributed by atoms with Gasteiger partial charge in [0.25, 0.3) is 0 Å². The highest BCUT2D eigenvalue weighted by Gasteiger charge is 2.57. The van der Waals surface area contributed by atoms with Gasteiger partial charge in [-0.2, -0.15) is 0 Å². The molecule has 0 aromatic heterocycles. The van der Waals surface area contributed by atoms with Gasteiger partial charge in [-0.15, -0.1) is 0 Å². The quantitative estimate of drug-likeness (QED) is 0.510. The second-order valence-corrected chi connectivity index (χ2v) is 12.9. The minimum absolute atomic E-state index is 0.292. The molecule has 2 aromatic rings. The van der Waals surface area contributed by atoms with Gasteiger partial charge in [-0.1, -0.05) is 106 Å². The molecular weight excluding hydrogens is 292 g/mol. The Morgan fingerprint density at radius 3 is 1.61 bits per heavy atom. The van der Waals surface area contributed by atoms with Crippen molar-refractivity contribution in [2.24, 2.45) is 5.92 Å². The van der Waals surface area contributed by atoms with E-state index in [0.29, 0.717) is 5.41 Å². The summed E-state index contributed by atoms with van der Waals surface area (Å²) in [7, 11) is -1.07. The smallest absolute Gasteiger partial charge is 0.0530 e. The second-order valence-electron chi connectivity index (χ2n) is 7.37. The van der Waals surface area contributed by atoms with Gasteiger partial charge >= 0.3 is 0 Å². The van der Waals surface area contributed by atoms with Crippen LogP contribution in [0.2, 0.25) is 24.2 Å². The predicted molar refractivity (Wildman–Crippen MR) is 104 cm³/mol. The molecule has 0 aliphatic heterocycles. The summed E-state index contributed by atoms with van der Waals surface area (Å²) in [6.45, 7) is 7.32. The predicted octanol–water partition coefficient (Wildman–Crippen LogP) is 6.50. The first kappa shape index (κ1) is 16.5. The van der Waals surface area contributed by atoms with Gasteiger partial charge in [0.15, 0.2) is 0 Å². The highest BCUT2D eigenvalue weighted by Crippen LogP contribution is 2.62. The molecule has 1 saturated carbocycles.